The van der Waals surface area contributed by atoms with E-state index in [0.717, 1.165) is 0 Å². The van der Waals surface area contributed by atoms with Crippen molar-refractivity contribution in [2.24, 2.45) is 0 Å². The fraction of sp³-hybridized carbons (Fsp3) is 0.100. The molecule has 0 bridgehead atoms. The van der Waals surface area contributed by atoms with Crippen LogP contribution in [0.3, 0.4) is 0 Å². The number of hydrogen-bond acceptors (Lipinski definition) is 5. The second-order valence-corrected chi connectivity index (χ2v) is 5.83. The summed E-state index contributed by atoms with van der Waals surface area (Å²) in [6.45, 7) is 0. The quantitative estimate of drug-likeness (QED) is 0.566. The molecule has 134 valence electrons. The molecular formula is C20H17ClO5. The van der Waals surface area contributed by atoms with E-state index in [1.165, 1.54) is 49.6 Å². The number of benzene rings is 2. The van der Waals surface area contributed by atoms with Gasteiger partial charge >= 0.3 is 0 Å². The summed E-state index contributed by atoms with van der Waals surface area (Å²) in [5.41, 5.74) is 1.25. The highest BCUT2D eigenvalue weighted by Gasteiger charge is 2.05. The van der Waals surface area contributed by atoms with Crippen molar-refractivity contribution in [1.29, 1.82) is 0 Å². The van der Waals surface area contributed by atoms with Gasteiger partial charge in [-0.2, -0.15) is 0 Å². The Morgan fingerprint density at radius 1 is 0.962 bits per heavy atom. The van der Waals surface area contributed by atoms with Gasteiger partial charge in [-0.1, -0.05) is 35.9 Å². The fourth-order valence-corrected chi connectivity index (χ4v) is 2.29. The number of methoxy groups -OCH3 is 1. The third kappa shape index (κ3) is 5.50. The van der Waals surface area contributed by atoms with E-state index < -0.39 is 0 Å². The highest BCUT2D eigenvalue weighted by atomic mass is 35.5. The first kappa shape index (κ1) is 19.3. The Bertz CT molecular complexity index is 884. The van der Waals surface area contributed by atoms with Crippen LogP contribution in [0.4, 0.5) is 0 Å². The average molecular weight is 373 g/mol. The number of halogens is 1. The standard InChI is InChI=1S/C20H17ClO5/c1-26-20-9-5-14(11-19(20)25)3-7-16(23)12-15(22)6-2-13-4-8-18(24)17(21)10-13/h2-11,24-25H,12H2,1H3. The van der Waals surface area contributed by atoms with Crippen molar-refractivity contribution in [2.75, 3.05) is 7.11 Å². The molecule has 0 aromatic heterocycles. The molecule has 2 aromatic carbocycles. The van der Waals surface area contributed by atoms with Crippen molar-refractivity contribution in [2.45, 2.75) is 6.42 Å². The molecular weight excluding hydrogens is 356 g/mol. The van der Waals surface area contributed by atoms with Crippen LogP contribution < -0.4 is 4.74 Å². The summed E-state index contributed by atoms with van der Waals surface area (Å²) in [4.78, 5) is 23.7. The molecule has 0 unspecified atom stereocenters. The van der Waals surface area contributed by atoms with Crippen LogP contribution in [0.5, 0.6) is 17.2 Å². The minimum atomic E-state index is -0.362. The molecule has 0 aliphatic carbocycles. The molecule has 0 radical (unpaired) electrons. The van der Waals surface area contributed by atoms with Gasteiger partial charge in [0, 0.05) is 0 Å². The molecule has 0 heterocycles. The molecule has 0 saturated heterocycles. The Morgan fingerprint density at radius 2 is 1.54 bits per heavy atom. The maximum absolute atomic E-state index is 11.9. The number of ketones is 2. The van der Waals surface area contributed by atoms with Crippen LogP contribution in [0.1, 0.15) is 17.5 Å². The Labute approximate surface area is 155 Å². The Balaban J connectivity index is 1.94. The molecule has 0 saturated carbocycles. The van der Waals surface area contributed by atoms with Crippen molar-refractivity contribution in [3.63, 3.8) is 0 Å². The predicted molar refractivity (Wildman–Crippen MR) is 100 cm³/mol. The molecule has 2 aromatic rings. The number of phenols is 2. The van der Waals surface area contributed by atoms with Crippen molar-refractivity contribution in [3.05, 3.63) is 64.7 Å². The summed E-state index contributed by atoms with van der Waals surface area (Å²) in [6.07, 6.45) is 5.32. The van der Waals surface area contributed by atoms with Gasteiger partial charge < -0.3 is 14.9 Å². The van der Waals surface area contributed by atoms with E-state index in [2.05, 4.69) is 0 Å². The van der Waals surface area contributed by atoms with E-state index in [4.69, 9.17) is 16.3 Å². The summed E-state index contributed by atoms with van der Waals surface area (Å²) in [6, 6.07) is 9.25. The van der Waals surface area contributed by atoms with E-state index in [9.17, 15) is 19.8 Å². The topological polar surface area (TPSA) is 83.8 Å². The van der Waals surface area contributed by atoms with E-state index in [1.54, 1.807) is 18.2 Å². The van der Waals surface area contributed by atoms with Gasteiger partial charge in [0.15, 0.2) is 23.1 Å². The molecule has 5 nitrogen and oxygen atoms in total. The van der Waals surface area contributed by atoms with Gasteiger partial charge in [-0.25, -0.2) is 0 Å². The maximum atomic E-state index is 11.9. The highest BCUT2D eigenvalue weighted by molar-refractivity contribution is 6.32. The van der Waals surface area contributed by atoms with Gasteiger partial charge in [-0.3, -0.25) is 9.59 Å². The third-order valence-electron chi connectivity index (χ3n) is 3.45. The van der Waals surface area contributed by atoms with Crippen LogP contribution >= 0.6 is 11.6 Å². The van der Waals surface area contributed by atoms with Crippen LogP contribution in [0.25, 0.3) is 12.2 Å². The first-order chi connectivity index (χ1) is 12.4. The van der Waals surface area contributed by atoms with Crippen LogP contribution in [0.2, 0.25) is 5.02 Å². The lowest BCUT2D eigenvalue weighted by Gasteiger charge is -2.03. The number of carbonyl (C=O) groups excluding carboxylic acids is 2. The second-order valence-electron chi connectivity index (χ2n) is 5.42. The second kappa shape index (κ2) is 8.87. The zero-order valence-electron chi connectivity index (χ0n) is 14.0. The normalized spacial score (nSPS) is 11.2. The first-order valence-corrected chi connectivity index (χ1v) is 8.04. The van der Waals surface area contributed by atoms with Crippen LogP contribution in [0.15, 0.2) is 48.6 Å². The van der Waals surface area contributed by atoms with Crippen LogP contribution in [-0.2, 0) is 9.59 Å². The molecule has 0 fully saturated rings. The maximum Gasteiger partial charge on any atom is 0.163 e. The number of hydrogen-bond donors (Lipinski definition) is 2. The predicted octanol–water partition coefficient (Wildman–Crippen LogP) is 4.01. The lowest BCUT2D eigenvalue weighted by molar-refractivity contribution is -0.121. The molecule has 0 atom stereocenters. The number of ether oxygens (including phenoxy) is 1. The highest BCUT2D eigenvalue weighted by Crippen LogP contribution is 2.26. The van der Waals surface area contributed by atoms with Gasteiger partial charge in [0.05, 0.1) is 18.6 Å². The van der Waals surface area contributed by atoms with E-state index in [0.29, 0.717) is 16.9 Å². The van der Waals surface area contributed by atoms with Gasteiger partial charge in [0.25, 0.3) is 0 Å². The van der Waals surface area contributed by atoms with E-state index in [1.807, 2.05) is 0 Å². The van der Waals surface area contributed by atoms with Crippen molar-refractivity contribution in [3.8, 4) is 17.2 Å². The third-order valence-corrected chi connectivity index (χ3v) is 3.75. The largest absolute Gasteiger partial charge is 0.506 e. The molecule has 2 N–H and O–H groups in total. The van der Waals surface area contributed by atoms with Gasteiger partial charge in [-0.05, 0) is 47.5 Å². The van der Waals surface area contributed by atoms with E-state index >= 15 is 0 Å². The van der Waals surface area contributed by atoms with Gasteiger partial charge in [-0.15, -0.1) is 0 Å². The Kier molecular flexibility index (Phi) is 6.58. The Hall–Kier alpha value is -3.05. The van der Waals surface area contributed by atoms with Crippen LogP contribution in [-0.4, -0.2) is 28.9 Å². The zero-order chi connectivity index (χ0) is 19.1. The Morgan fingerprint density at radius 3 is 2.08 bits per heavy atom. The average Bonchev–Trinajstić information content (AvgIpc) is 2.61. The summed E-state index contributed by atoms with van der Waals surface area (Å²) >= 11 is 5.79. The van der Waals surface area contributed by atoms with Crippen LogP contribution in [0, 0.1) is 0 Å². The molecule has 0 aliphatic heterocycles. The summed E-state index contributed by atoms with van der Waals surface area (Å²) in [7, 11) is 1.44. The number of carbonyl (C=O) groups is 2. The molecule has 26 heavy (non-hydrogen) atoms. The molecule has 0 aliphatic rings. The number of phenolic OH excluding ortho intramolecular Hbond substituents is 2. The lowest BCUT2D eigenvalue weighted by Crippen LogP contribution is -2.01. The monoisotopic (exact) mass is 372 g/mol. The minimum Gasteiger partial charge on any atom is -0.506 e. The minimum absolute atomic E-state index is 0.0336. The molecule has 0 amide bonds. The van der Waals surface area contributed by atoms with Gasteiger partial charge in [0.1, 0.15) is 5.75 Å². The smallest absolute Gasteiger partial charge is 0.163 e. The summed E-state index contributed by atoms with van der Waals surface area (Å²) in [5, 5.41) is 19.2. The summed E-state index contributed by atoms with van der Waals surface area (Å²) < 4.78 is 4.94. The number of aromatic hydroxyl groups is 2. The number of allylic oxidation sites excluding steroid dienone is 2. The van der Waals surface area contributed by atoms with Gasteiger partial charge in [0.2, 0.25) is 0 Å². The van der Waals surface area contributed by atoms with E-state index in [-0.39, 0.29) is 34.5 Å². The fourth-order valence-electron chi connectivity index (χ4n) is 2.11. The SMILES string of the molecule is COc1ccc(C=CC(=O)CC(=O)C=Cc2ccc(O)c(Cl)c2)cc1O. The molecule has 0 spiro atoms. The van der Waals surface area contributed by atoms with Crippen molar-refractivity contribution in [1.82, 2.24) is 0 Å². The molecule has 6 heteroatoms. The number of rotatable bonds is 7. The van der Waals surface area contributed by atoms with Crippen molar-refractivity contribution >= 4 is 35.3 Å². The zero-order valence-corrected chi connectivity index (χ0v) is 14.7. The van der Waals surface area contributed by atoms with Crippen molar-refractivity contribution < 1.29 is 24.5 Å². The summed E-state index contributed by atoms with van der Waals surface area (Å²) in [5.74, 6) is -0.461. The lowest BCUT2D eigenvalue weighted by atomic mass is 10.1. The first-order valence-electron chi connectivity index (χ1n) is 7.66. The molecule has 2 rings (SSSR count).